The van der Waals surface area contributed by atoms with E-state index in [1.165, 1.54) is 0 Å². The average Bonchev–Trinajstić information content (AvgIpc) is 3.00. The summed E-state index contributed by atoms with van der Waals surface area (Å²) < 4.78 is 5.64. The summed E-state index contributed by atoms with van der Waals surface area (Å²) in [5.41, 5.74) is 2.71. The van der Waals surface area contributed by atoms with Crippen LogP contribution in [0.4, 0.5) is 5.69 Å². The Morgan fingerprint density at radius 1 is 1.48 bits per heavy atom. The highest BCUT2D eigenvalue weighted by Crippen LogP contribution is 2.19. The van der Waals surface area contributed by atoms with Gasteiger partial charge in [0.2, 0.25) is 0 Å². The van der Waals surface area contributed by atoms with Gasteiger partial charge in [0.25, 0.3) is 5.91 Å². The van der Waals surface area contributed by atoms with Gasteiger partial charge in [0.05, 0.1) is 17.7 Å². The van der Waals surface area contributed by atoms with Crippen LogP contribution in [0.2, 0.25) is 0 Å². The summed E-state index contributed by atoms with van der Waals surface area (Å²) in [6, 6.07) is 5.99. The molecular weight excluding hydrogens is 264 g/mol. The van der Waals surface area contributed by atoms with Crippen LogP contribution in [0, 0.1) is 6.92 Å². The Labute approximate surface area is 127 Å². The number of nitrogens with one attached hydrogen (secondary N) is 2. The summed E-state index contributed by atoms with van der Waals surface area (Å²) in [5, 5.41) is 6.40. The van der Waals surface area contributed by atoms with Crippen LogP contribution in [-0.2, 0) is 4.74 Å². The number of aryl methyl sites for hydroxylation is 1. The van der Waals surface area contributed by atoms with Crippen LogP contribution in [0.1, 0.15) is 49.0 Å². The maximum atomic E-state index is 12.5. The van der Waals surface area contributed by atoms with E-state index in [0.717, 1.165) is 43.7 Å². The van der Waals surface area contributed by atoms with Crippen LogP contribution in [-0.4, -0.2) is 31.2 Å². The van der Waals surface area contributed by atoms with Crippen LogP contribution in [0.15, 0.2) is 18.2 Å². The molecule has 116 valence electrons. The fourth-order valence-electron chi connectivity index (χ4n) is 2.63. The van der Waals surface area contributed by atoms with E-state index in [-0.39, 0.29) is 18.1 Å². The van der Waals surface area contributed by atoms with Gasteiger partial charge < -0.3 is 15.4 Å². The van der Waals surface area contributed by atoms with Gasteiger partial charge in [-0.25, -0.2) is 0 Å². The maximum absolute atomic E-state index is 12.5. The predicted octanol–water partition coefficient (Wildman–Crippen LogP) is 3.11. The third kappa shape index (κ3) is 4.21. The molecule has 21 heavy (non-hydrogen) atoms. The largest absolute Gasteiger partial charge is 0.384 e. The smallest absolute Gasteiger partial charge is 0.253 e. The number of benzene rings is 1. The Kier molecular flexibility index (Phi) is 5.62. The lowest BCUT2D eigenvalue weighted by molar-refractivity contribution is 0.0713. The number of rotatable bonds is 6. The molecule has 1 aromatic rings. The molecule has 1 heterocycles. The van der Waals surface area contributed by atoms with E-state index in [1.54, 1.807) is 0 Å². The minimum absolute atomic E-state index is 0.0275. The molecule has 0 bridgehead atoms. The second-order valence-electron chi connectivity index (χ2n) is 5.79. The summed E-state index contributed by atoms with van der Waals surface area (Å²) in [6.45, 7) is 7.80. The standard InChI is InChI=1S/C17H26N2O2/c1-4-9-18-15-8-7-12(2)11-14(15)17(20)19-13(3)16-6-5-10-21-16/h7-8,11,13,16,18H,4-6,9-10H2,1-3H3,(H,19,20). The highest BCUT2D eigenvalue weighted by molar-refractivity contribution is 6.00. The highest BCUT2D eigenvalue weighted by Gasteiger charge is 2.24. The van der Waals surface area contributed by atoms with Gasteiger partial charge in [0, 0.05) is 18.8 Å². The number of carbonyl (C=O) groups excluding carboxylic acids is 1. The molecule has 0 aliphatic carbocycles. The molecule has 2 N–H and O–H groups in total. The number of amides is 1. The van der Waals surface area contributed by atoms with Crippen molar-refractivity contribution in [1.82, 2.24) is 5.32 Å². The molecule has 0 radical (unpaired) electrons. The molecule has 2 atom stereocenters. The molecule has 1 fully saturated rings. The summed E-state index contributed by atoms with van der Waals surface area (Å²) >= 11 is 0. The zero-order chi connectivity index (χ0) is 15.2. The summed E-state index contributed by atoms with van der Waals surface area (Å²) in [6.07, 6.45) is 3.28. The normalized spacial score (nSPS) is 19.3. The van der Waals surface area contributed by atoms with E-state index in [1.807, 2.05) is 32.0 Å². The molecular formula is C17H26N2O2. The van der Waals surface area contributed by atoms with Crippen LogP contribution < -0.4 is 10.6 Å². The molecule has 0 spiro atoms. The van der Waals surface area contributed by atoms with Gasteiger partial charge >= 0.3 is 0 Å². The lowest BCUT2D eigenvalue weighted by atomic mass is 10.1. The third-order valence-electron chi connectivity index (χ3n) is 3.87. The van der Waals surface area contributed by atoms with Crippen LogP contribution >= 0.6 is 0 Å². The number of hydrogen-bond donors (Lipinski definition) is 2. The van der Waals surface area contributed by atoms with Crippen molar-refractivity contribution in [3.63, 3.8) is 0 Å². The number of anilines is 1. The third-order valence-corrected chi connectivity index (χ3v) is 3.87. The topological polar surface area (TPSA) is 50.4 Å². The SMILES string of the molecule is CCCNc1ccc(C)cc1C(=O)NC(C)C1CCCO1. The highest BCUT2D eigenvalue weighted by atomic mass is 16.5. The molecule has 4 nitrogen and oxygen atoms in total. The summed E-state index contributed by atoms with van der Waals surface area (Å²) in [4.78, 5) is 12.5. The molecule has 0 aromatic heterocycles. The molecule has 4 heteroatoms. The Morgan fingerprint density at radius 3 is 2.95 bits per heavy atom. The average molecular weight is 290 g/mol. The Bertz CT molecular complexity index is 482. The number of carbonyl (C=O) groups is 1. The van der Waals surface area contributed by atoms with Gasteiger partial charge in [-0.2, -0.15) is 0 Å². The monoisotopic (exact) mass is 290 g/mol. The van der Waals surface area contributed by atoms with Crippen molar-refractivity contribution in [2.75, 3.05) is 18.5 Å². The minimum Gasteiger partial charge on any atom is -0.384 e. The lowest BCUT2D eigenvalue weighted by Gasteiger charge is -2.21. The van der Waals surface area contributed by atoms with Gasteiger partial charge in [0.15, 0.2) is 0 Å². The van der Waals surface area contributed by atoms with Crippen molar-refractivity contribution in [3.05, 3.63) is 29.3 Å². The van der Waals surface area contributed by atoms with Crippen LogP contribution in [0.25, 0.3) is 0 Å². The van der Waals surface area contributed by atoms with Gasteiger partial charge in [-0.3, -0.25) is 4.79 Å². The maximum Gasteiger partial charge on any atom is 0.253 e. The molecule has 0 saturated carbocycles. The van der Waals surface area contributed by atoms with E-state index in [9.17, 15) is 4.79 Å². The fourth-order valence-corrected chi connectivity index (χ4v) is 2.63. The van der Waals surface area contributed by atoms with Crippen molar-refractivity contribution in [3.8, 4) is 0 Å². The summed E-state index contributed by atoms with van der Waals surface area (Å²) in [7, 11) is 0. The first-order valence-electron chi connectivity index (χ1n) is 7.88. The van der Waals surface area contributed by atoms with Gasteiger partial charge in [0.1, 0.15) is 0 Å². The lowest BCUT2D eigenvalue weighted by Crippen LogP contribution is -2.41. The van der Waals surface area contributed by atoms with Crippen molar-refractivity contribution in [1.29, 1.82) is 0 Å². The Morgan fingerprint density at radius 2 is 2.29 bits per heavy atom. The second kappa shape index (κ2) is 7.46. The molecule has 1 aliphatic rings. The van der Waals surface area contributed by atoms with E-state index < -0.39 is 0 Å². The van der Waals surface area contributed by atoms with E-state index in [2.05, 4.69) is 17.6 Å². The van der Waals surface area contributed by atoms with Crippen LogP contribution in [0.5, 0.6) is 0 Å². The predicted molar refractivity (Wildman–Crippen MR) is 85.9 cm³/mol. The first-order valence-corrected chi connectivity index (χ1v) is 7.88. The molecule has 1 aromatic carbocycles. The van der Waals surface area contributed by atoms with Crippen molar-refractivity contribution in [2.45, 2.75) is 52.2 Å². The first-order chi connectivity index (χ1) is 10.1. The van der Waals surface area contributed by atoms with Crippen molar-refractivity contribution < 1.29 is 9.53 Å². The Balaban J connectivity index is 2.07. The first kappa shape index (κ1) is 15.8. The fraction of sp³-hybridized carbons (Fsp3) is 0.588. The molecule has 1 saturated heterocycles. The van der Waals surface area contributed by atoms with Gasteiger partial charge in [-0.05, 0) is 45.2 Å². The minimum atomic E-state index is -0.0275. The molecule has 1 aliphatic heterocycles. The second-order valence-corrected chi connectivity index (χ2v) is 5.79. The van der Waals surface area contributed by atoms with Gasteiger partial charge in [-0.1, -0.05) is 18.6 Å². The van der Waals surface area contributed by atoms with E-state index in [0.29, 0.717) is 5.56 Å². The van der Waals surface area contributed by atoms with E-state index >= 15 is 0 Å². The molecule has 2 rings (SSSR count). The molecule has 2 unspecified atom stereocenters. The zero-order valence-corrected chi connectivity index (χ0v) is 13.2. The van der Waals surface area contributed by atoms with E-state index in [4.69, 9.17) is 4.74 Å². The quantitative estimate of drug-likeness (QED) is 0.846. The van der Waals surface area contributed by atoms with Gasteiger partial charge in [-0.15, -0.1) is 0 Å². The number of ether oxygens (including phenoxy) is 1. The molecule has 1 amide bonds. The van der Waals surface area contributed by atoms with Crippen molar-refractivity contribution >= 4 is 11.6 Å². The van der Waals surface area contributed by atoms with Crippen LogP contribution in [0.3, 0.4) is 0 Å². The zero-order valence-electron chi connectivity index (χ0n) is 13.2. The summed E-state index contributed by atoms with van der Waals surface area (Å²) in [5.74, 6) is -0.0275. The number of hydrogen-bond acceptors (Lipinski definition) is 3. The Hall–Kier alpha value is -1.55. The van der Waals surface area contributed by atoms with Crippen molar-refractivity contribution in [2.24, 2.45) is 0 Å².